The van der Waals surface area contributed by atoms with Crippen LogP contribution in [0.15, 0.2) is 38.6 Å². The molecule has 0 saturated carbocycles. The first-order valence-corrected chi connectivity index (χ1v) is 10.0. The summed E-state index contributed by atoms with van der Waals surface area (Å²) in [6, 6.07) is 8.29. The van der Waals surface area contributed by atoms with E-state index in [1.807, 2.05) is 6.07 Å². The molecular formula is C14H10Br2N2O3S2. The zero-order chi connectivity index (χ0) is 16.6. The topological polar surface area (TPSA) is 63.5 Å². The van der Waals surface area contributed by atoms with Crippen molar-refractivity contribution in [2.45, 2.75) is 5.37 Å². The van der Waals surface area contributed by atoms with Gasteiger partial charge >= 0.3 is 0 Å². The lowest BCUT2D eigenvalue weighted by Gasteiger charge is -2.23. The van der Waals surface area contributed by atoms with Crippen LogP contribution < -0.4 is 0 Å². The molecule has 1 atom stereocenters. The summed E-state index contributed by atoms with van der Waals surface area (Å²) in [6.07, 6.45) is 0. The van der Waals surface area contributed by atoms with Crippen molar-refractivity contribution in [3.05, 3.63) is 59.1 Å². The van der Waals surface area contributed by atoms with E-state index < -0.39 is 4.92 Å². The van der Waals surface area contributed by atoms with Gasteiger partial charge in [0.15, 0.2) is 0 Å². The average Bonchev–Trinajstić information content (AvgIpc) is 3.14. The van der Waals surface area contributed by atoms with E-state index >= 15 is 0 Å². The Labute approximate surface area is 157 Å². The number of benzene rings is 1. The molecule has 0 bridgehead atoms. The molecular weight excluding hydrogens is 468 g/mol. The van der Waals surface area contributed by atoms with Gasteiger partial charge in [-0.2, -0.15) is 0 Å². The summed E-state index contributed by atoms with van der Waals surface area (Å²) < 4.78 is 1.73. The Kier molecular flexibility index (Phi) is 5.10. The Bertz CT molecular complexity index is 762. The number of amides is 1. The number of hydrogen-bond donors (Lipinski definition) is 0. The molecule has 1 aromatic heterocycles. The standard InChI is InChI=1S/C14H10Br2N2O3S2/c15-10-7-11(23-12(10)16)13(19)17-4-5-22-14(17)8-2-1-3-9(6-8)18(20)21/h1-3,6-7,14H,4-5H2/t14-/m1/s1. The Balaban J connectivity index is 1.89. The van der Waals surface area contributed by atoms with E-state index in [0.717, 1.165) is 19.6 Å². The Hall–Kier alpha value is -0.900. The molecule has 3 rings (SSSR count). The summed E-state index contributed by atoms with van der Waals surface area (Å²) >= 11 is 9.79. The number of carbonyl (C=O) groups excluding carboxylic acids is 1. The van der Waals surface area contributed by atoms with Crippen LogP contribution in [0.1, 0.15) is 20.6 Å². The van der Waals surface area contributed by atoms with Gasteiger partial charge in [-0.05, 0) is 43.5 Å². The maximum Gasteiger partial charge on any atom is 0.269 e. The van der Waals surface area contributed by atoms with Crippen LogP contribution in [0.4, 0.5) is 5.69 Å². The number of non-ortho nitro benzene ring substituents is 1. The Morgan fingerprint density at radius 3 is 2.78 bits per heavy atom. The molecule has 1 saturated heterocycles. The molecule has 1 amide bonds. The number of nitrogens with zero attached hydrogens (tertiary/aromatic N) is 2. The number of nitro groups is 1. The molecule has 0 spiro atoms. The van der Waals surface area contributed by atoms with Gasteiger partial charge in [0.2, 0.25) is 0 Å². The van der Waals surface area contributed by atoms with Gasteiger partial charge in [0.1, 0.15) is 5.37 Å². The molecule has 5 nitrogen and oxygen atoms in total. The molecule has 0 N–H and O–H groups in total. The number of halogens is 2. The van der Waals surface area contributed by atoms with Crippen LogP contribution in [0.2, 0.25) is 0 Å². The zero-order valence-electron chi connectivity index (χ0n) is 11.6. The highest BCUT2D eigenvalue weighted by Crippen LogP contribution is 2.41. The van der Waals surface area contributed by atoms with Crippen molar-refractivity contribution >= 4 is 66.6 Å². The average molecular weight is 478 g/mol. The van der Waals surface area contributed by atoms with Crippen molar-refractivity contribution in [2.75, 3.05) is 12.3 Å². The van der Waals surface area contributed by atoms with Crippen LogP contribution in [0.25, 0.3) is 0 Å². The van der Waals surface area contributed by atoms with Gasteiger partial charge in [0.05, 0.1) is 13.6 Å². The first-order valence-electron chi connectivity index (χ1n) is 6.59. The molecule has 0 radical (unpaired) electrons. The highest BCUT2D eigenvalue weighted by atomic mass is 79.9. The highest BCUT2D eigenvalue weighted by molar-refractivity contribution is 9.13. The summed E-state index contributed by atoms with van der Waals surface area (Å²) in [5.41, 5.74) is 0.828. The second-order valence-corrected chi connectivity index (χ2v) is 9.22. The molecule has 2 heterocycles. The van der Waals surface area contributed by atoms with Crippen molar-refractivity contribution in [1.82, 2.24) is 4.90 Å². The second-order valence-electron chi connectivity index (χ2n) is 4.81. The van der Waals surface area contributed by atoms with Crippen molar-refractivity contribution in [2.24, 2.45) is 0 Å². The zero-order valence-corrected chi connectivity index (χ0v) is 16.4. The van der Waals surface area contributed by atoms with Crippen molar-refractivity contribution < 1.29 is 9.72 Å². The van der Waals surface area contributed by atoms with Crippen molar-refractivity contribution in [3.8, 4) is 0 Å². The van der Waals surface area contributed by atoms with Crippen LogP contribution in [0.3, 0.4) is 0 Å². The number of carbonyl (C=O) groups is 1. The van der Waals surface area contributed by atoms with E-state index in [2.05, 4.69) is 31.9 Å². The van der Waals surface area contributed by atoms with Crippen LogP contribution in [0, 0.1) is 10.1 Å². The van der Waals surface area contributed by atoms with Gasteiger partial charge in [-0.15, -0.1) is 23.1 Å². The number of rotatable bonds is 3. The number of thioether (sulfide) groups is 1. The fraction of sp³-hybridized carbons (Fsp3) is 0.214. The molecule has 1 aromatic carbocycles. The molecule has 120 valence electrons. The van der Waals surface area contributed by atoms with Gasteiger partial charge in [0, 0.05) is 28.9 Å². The predicted octanol–water partition coefficient (Wildman–Crippen LogP) is 5.07. The van der Waals surface area contributed by atoms with Crippen molar-refractivity contribution in [3.63, 3.8) is 0 Å². The largest absolute Gasteiger partial charge is 0.321 e. The number of thiophene rings is 1. The lowest BCUT2D eigenvalue weighted by atomic mass is 10.2. The van der Waals surface area contributed by atoms with E-state index in [1.165, 1.54) is 17.4 Å². The third-order valence-corrected chi connectivity index (χ3v) is 7.88. The molecule has 1 aliphatic heterocycles. The maximum absolute atomic E-state index is 12.8. The van der Waals surface area contributed by atoms with E-state index in [4.69, 9.17) is 0 Å². The first-order chi connectivity index (χ1) is 11.0. The summed E-state index contributed by atoms with van der Waals surface area (Å²) in [4.78, 5) is 25.7. The molecule has 0 aliphatic carbocycles. The van der Waals surface area contributed by atoms with Crippen LogP contribution >= 0.6 is 55.0 Å². The second kappa shape index (κ2) is 6.92. The molecule has 0 unspecified atom stereocenters. The van der Waals surface area contributed by atoms with E-state index in [1.54, 1.807) is 34.9 Å². The minimum atomic E-state index is -0.414. The predicted molar refractivity (Wildman–Crippen MR) is 99.1 cm³/mol. The molecule has 1 fully saturated rings. The van der Waals surface area contributed by atoms with Gasteiger partial charge in [0.25, 0.3) is 11.6 Å². The Morgan fingerprint density at radius 2 is 2.13 bits per heavy atom. The first kappa shape index (κ1) is 16.9. The molecule has 23 heavy (non-hydrogen) atoms. The van der Waals surface area contributed by atoms with E-state index in [-0.39, 0.29) is 17.0 Å². The van der Waals surface area contributed by atoms with E-state index in [0.29, 0.717) is 11.4 Å². The lowest BCUT2D eigenvalue weighted by Crippen LogP contribution is -2.29. The molecule has 2 aromatic rings. The quantitative estimate of drug-likeness (QED) is 0.457. The summed E-state index contributed by atoms with van der Waals surface area (Å²) in [7, 11) is 0. The monoisotopic (exact) mass is 476 g/mol. The van der Waals surface area contributed by atoms with Crippen LogP contribution in [-0.4, -0.2) is 28.0 Å². The number of hydrogen-bond acceptors (Lipinski definition) is 5. The fourth-order valence-electron chi connectivity index (χ4n) is 2.34. The maximum atomic E-state index is 12.8. The minimum Gasteiger partial charge on any atom is -0.321 e. The summed E-state index contributed by atoms with van der Waals surface area (Å²) in [5, 5.41) is 10.8. The number of nitro benzene ring substituents is 1. The summed E-state index contributed by atoms with van der Waals surface area (Å²) in [5.74, 6) is 0.759. The van der Waals surface area contributed by atoms with E-state index in [9.17, 15) is 14.9 Å². The smallest absolute Gasteiger partial charge is 0.269 e. The molecule has 1 aliphatic rings. The highest BCUT2D eigenvalue weighted by Gasteiger charge is 2.33. The van der Waals surface area contributed by atoms with Gasteiger partial charge in [-0.3, -0.25) is 14.9 Å². The van der Waals surface area contributed by atoms with Crippen LogP contribution in [0.5, 0.6) is 0 Å². The minimum absolute atomic E-state index is 0.0454. The van der Waals surface area contributed by atoms with Crippen LogP contribution in [-0.2, 0) is 0 Å². The molecule has 9 heteroatoms. The van der Waals surface area contributed by atoms with Gasteiger partial charge < -0.3 is 4.90 Å². The SMILES string of the molecule is O=C(c1cc(Br)c(Br)s1)N1CCS[C@@H]1c1cccc([N+](=O)[O-])c1. The lowest BCUT2D eigenvalue weighted by molar-refractivity contribution is -0.384. The third-order valence-electron chi connectivity index (χ3n) is 3.37. The van der Waals surface area contributed by atoms with Gasteiger partial charge in [-0.25, -0.2) is 0 Å². The third kappa shape index (κ3) is 3.47. The van der Waals surface area contributed by atoms with Crippen molar-refractivity contribution in [1.29, 1.82) is 0 Å². The Morgan fingerprint density at radius 1 is 1.35 bits per heavy atom. The van der Waals surface area contributed by atoms with Gasteiger partial charge in [-0.1, -0.05) is 12.1 Å². The summed E-state index contributed by atoms with van der Waals surface area (Å²) in [6.45, 7) is 0.629. The fourth-order valence-corrected chi connectivity index (χ4v) is 5.58. The normalized spacial score (nSPS) is 17.5.